The fourth-order valence-corrected chi connectivity index (χ4v) is 2.46. The van der Waals surface area contributed by atoms with Gasteiger partial charge in [0.1, 0.15) is 11.9 Å². The Kier molecular flexibility index (Phi) is 3.61. The van der Waals surface area contributed by atoms with E-state index in [1.807, 2.05) is 20.8 Å². The molecule has 2 rings (SSSR count). The summed E-state index contributed by atoms with van der Waals surface area (Å²) in [4.78, 5) is 27.3. The van der Waals surface area contributed by atoms with Crippen LogP contribution in [-0.4, -0.2) is 28.9 Å². The maximum absolute atomic E-state index is 11.6. The summed E-state index contributed by atoms with van der Waals surface area (Å²) in [5, 5.41) is 12.1. The molecule has 1 aliphatic heterocycles. The van der Waals surface area contributed by atoms with Gasteiger partial charge < -0.3 is 10.4 Å². The van der Waals surface area contributed by atoms with Crippen LogP contribution in [0.25, 0.3) is 0 Å². The van der Waals surface area contributed by atoms with E-state index >= 15 is 0 Å². The summed E-state index contributed by atoms with van der Waals surface area (Å²) in [5.74, 6) is -0.624. The molecule has 20 heavy (non-hydrogen) atoms. The molecule has 1 heterocycles. The zero-order chi connectivity index (χ0) is 15.0. The van der Waals surface area contributed by atoms with E-state index < -0.39 is 12.0 Å². The largest absolute Gasteiger partial charge is 0.478 e. The highest BCUT2D eigenvalue weighted by Gasteiger charge is 2.28. The van der Waals surface area contributed by atoms with Gasteiger partial charge in [0.15, 0.2) is 0 Å². The second-order valence-corrected chi connectivity index (χ2v) is 5.32. The van der Waals surface area contributed by atoms with E-state index in [9.17, 15) is 14.7 Å². The Morgan fingerprint density at radius 1 is 1.40 bits per heavy atom. The van der Waals surface area contributed by atoms with E-state index in [-0.39, 0.29) is 17.4 Å². The third-order valence-electron chi connectivity index (χ3n) is 3.44. The Bertz CT molecular complexity index is 618. The topological polar surface area (TPSA) is 78.8 Å². The SMILES string of the molecule is Cc1ccc(C(=O)O)c(C(C)C)c1C1=NC(C)C(=O)N1. The number of carboxylic acids is 1. The molecule has 0 bridgehead atoms. The Hall–Kier alpha value is -2.17. The quantitative estimate of drug-likeness (QED) is 0.885. The molecule has 1 aromatic rings. The monoisotopic (exact) mass is 274 g/mol. The number of carbonyl (C=O) groups is 2. The van der Waals surface area contributed by atoms with Crippen LogP contribution in [0, 0.1) is 6.92 Å². The standard InChI is InChI=1S/C15H18N2O3/c1-7(2)11-10(15(19)20)6-5-8(3)12(11)13-16-9(4)14(18)17-13/h5-7,9H,1-4H3,(H,19,20)(H,16,17,18). The van der Waals surface area contributed by atoms with E-state index in [2.05, 4.69) is 10.3 Å². The summed E-state index contributed by atoms with van der Waals surface area (Å²) in [6.45, 7) is 7.48. The van der Waals surface area contributed by atoms with Crippen molar-refractivity contribution in [1.82, 2.24) is 5.32 Å². The van der Waals surface area contributed by atoms with Crippen molar-refractivity contribution >= 4 is 17.7 Å². The van der Waals surface area contributed by atoms with Gasteiger partial charge >= 0.3 is 5.97 Å². The fraction of sp³-hybridized carbons (Fsp3) is 0.400. The lowest BCUT2D eigenvalue weighted by molar-refractivity contribution is -0.119. The zero-order valence-corrected chi connectivity index (χ0v) is 12.0. The molecule has 0 saturated carbocycles. The van der Waals surface area contributed by atoms with Crippen molar-refractivity contribution in [2.75, 3.05) is 0 Å². The average Bonchev–Trinajstić information content (AvgIpc) is 2.68. The number of aromatic carboxylic acids is 1. The van der Waals surface area contributed by atoms with Crippen LogP contribution in [0.1, 0.15) is 53.7 Å². The number of aliphatic imine (C=N–C) groups is 1. The maximum Gasteiger partial charge on any atom is 0.335 e. The number of nitrogens with zero attached hydrogens (tertiary/aromatic N) is 1. The van der Waals surface area contributed by atoms with Gasteiger partial charge in [0.2, 0.25) is 5.91 Å². The molecule has 1 unspecified atom stereocenters. The molecule has 0 aliphatic carbocycles. The smallest absolute Gasteiger partial charge is 0.335 e. The number of carboxylic acid groups (broad SMARTS) is 1. The number of hydrogen-bond acceptors (Lipinski definition) is 3. The number of carbonyl (C=O) groups excluding carboxylic acids is 1. The van der Waals surface area contributed by atoms with Crippen LogP contribution in [0.5, 0.6) is 0 Å². The Morgan fingerprint density at radius 3 is 2.50 bits per heavy atom. The number of nitrogens with one attached hydrogen (secondary N) is 1. The average molecular weight is 274 g/mol. The number of amidine groups is 1. The van der Waals surface area contributed by atoms with E-state index in [0.717, 1.165) is 11.1 Å². The first kappa shape index (κ1) is 14.2. The van der Waals surface area contributed by atoms with Gasteiger partial charge in [-0.3, -0.25) is 9.79 Å². The minimum absolute atomic E-state index is 0.0199. The maximum atomic E-state index is 11.6. The van der Waals surface area contributed by atoms with Crippen molar-refractivity contribution < 1.29 is 14.7 Å². The van der Waals surface area contributed by atoms with Crippen LogP contribution < -0.4 is 5.32 Å². The number of hydrogen-bond donors (Lipinski definition) is 2. The Balaban J connectivity index is 2.69. The Morgan fingerprint density at radius 2 is 2.05 bits per heavy atom. The summed E-state index contributed by atoms with van der Waals surface area (Å²) in [7, 11) is 0. The third-order valence-corrected chi connectivity index (χ3v) is 3.44. The first-order valence-corrected chi connectivity index (χ1v) is 6.58. The summed E-state index contributed by atoms with van der Waals surface area (Å²) in [5.41, 5.74) is 2.62. The second kappa shape index (κ2) is 5.07. The van der Waals surface area contributed by atoms with Crippen LogP contribution in [0.15, 0.2) is 17.1 Å². The molecule has 1 aliphatic rings. The lowest BCUT2D eigenvalue weighted by atomic mass is 9.88. The zero-order valence-electron chi connectivity index (χ0n) is 12.0. The highest BCUT2D eigenvalue weighted by atomic mass is 16.4. The molecule has 0 fully saturated rings. The van der Waals surface area contributed by atoms with Crippen molar-refractivity contribution in [3.05, 3.63) is 34.4 Å². The molecule has 2 N–H and O–H groups in total. The van der Waals surface area contributed by atoms with Gasteiger partial charge in [0.05, 0.1) is 5.56 Å². The van der Waals surface area contributed by atoms with Gasteiger partial charge in [-0.25, -0.2) is 4.79 Å². The molecule has 1 atom stereocenters. The molecular weight excluding hydrogens is 256 g/mol. The minimum Gasteiger partial charge on any atom is -0.478 e. The molecule has 106 valence electrons. The van der Waals surface area contributed by atoms with E-state index in [1.165, 1.54) is 0 Å². The van der Waals surface area contributed by atoms with Gasteiger partial charge in [-0.15, -0.1) is 0 Å². The first-order chi connectivity index (χ1) is 9.32. The van der Waals surface area contributed by atoms with E-state index in [0.29, 0.717) is 11.4 Å². The number of rotatable bonds is 3. The van der Waals surface area contributed by atoms with Crippen molar-refractivity contribution in [3.8, 4) is 0 Å². The summed E-state index contributed by atoms with van der Waals surface area (Å²) in [6.07, 6.45) is 0. The third kappa shape index (κ3) is 2.31. The van der Waals surface area contributed by atoms with Gasteiger partial charge in [0.25, 0.3) is 0 Å². The number of benzene rings is 1. The van der Waals surface area contributed by atoms with Gasteiger partial charge in [-0.2, -0.15) is 0 Å². The number of aryl methyl sites for hydroxylation is 1. The molecule has 0 saturated heterocycles. The minimum atomic E-state index is -0.965. The summed E-state index contributed by atoms with van der Waals surface area (Å²) >= 11 is 0. The van der Waals surface area contributed by atoms with E-state index in [1.54, 1.807) is 19.1 Å². The summed E-state index contributed by atoms with van der Waals surface area (Å²) in [6, 6.07) is 2.93. The van der Waals surface area contributed by atoms with Gasteiger partial charge in [-0.1, -0.05) is 19.9 Å². The predicted molar refractivity (Wildman–Crippen MR) is 76.4 cm³/mol. The highest BCUT2D eigenvalue weighted by molar-refractivity contribution is 6.15. The molecular formula is C15H18N2O3. The van der Waals surface area contributed by atoms with Gasteiger partial charge in [-0.05, 0) is 37.0 Å². The molecule has 0 spiro atoms. The lowest BCUT2D eigenvalue weighted by Gasteiger charge is -2.18. The fourth-order valence-electron chi connectivity index (χ4n) is 2.46. The van der Waals surface area contributed by atoms with Crippen LogP contribution in [-0.2, 0) is 4.79 Å². The van der Waals surface area contributed by atoms with Crippen LogP contribution in [0.2, 0.25) is 0 Å². The molecule has 0 aromatic heterocycles. The molecule has 0 radical (unpaired) electrons. The second-order valence-electron chi connectivity index (χ2n) is 5.32. The lowest BCUT2D eigenvalue weighted by Crippen LogP contribution is -2.29. The molecule has 5 nitrogen and oxygen atoms in total. The summed E-state index contributed by atoms with van der Waals surface area (Å²) < 4.78 is 0. The van der Waals surface area contributed by atoms with Crippen molar-refractivity contribution in [3.63, 3.8) is 0 Å². The molecule has 5 heteroatoms. The number of amides is 1. The van der Waals surface area contributed by atoms with Crippen molar-refractivity contribution in [2.24, 2.45) is 4.99 Å². The van der Waals surface area contributed by atoms with Crippen LogP contribution >= 0.6 is 0 Å². The first-order valence-electron chi connectivity index (χ1n) is 6.58. The normalized spacial score (nSPS) is 18.1. The van der Waals surface area contributed by atoms with Crippen LogP contribution in [0.4, 0.5) is 0 Å². The van der Waals surface area contributed by atoms with Crippen molar-refractivity contribution in [1.29, 1.82) is 0 Å². The molecule has 1 amide bonds. The van der Waals surface area contributed by atoms with E-state index in [4.69, 9.17) is 0 Å². The van der Waals surface area contributed by atoms with Crippen molar-refractivity contribution in [2.45, 2.75) is 39.7 Å². The van der Waals surface area contributed by atoms with Crippen LogP contribution in [0.3, 0.4) is 0 Å². The Labute approximate surface area is 117 Å². The molecule has 1 aromatic carbocycles. The predicted octanol–water partition coefficient (Wildman–Crippen LogP) is 2.08. The highest BCUT2D eigenvalue weighted by Crippen LogP contribution is 2.28. The van der Waals surface area contributed by atoms with Gasteiger partial charge in [0, 0.05) is 5.56 Å².